The highest BCUT2D eigenvalue weighted by molar-refractivity contribution is 6.09. The van der Waals surface area contributed by atoms with Crippen LogP contribution in [0.5, 0.6) is 0 Å². The van der Waals surface area contributed by atoms with Gasteiger partial charge in [0.2, 0.25) is 0 Å². The smallest absolute Gasteiger partial charge is 0.425 e. The zero-order valence-corrected chi connectivity index (χ0v) is 23.7. The molecule has 2 rings (SSSR count). The number of carbonyl (C=O) groups is 3. The minimum atomic E-state index is -0.842. The highest BCUT2D eigenvalue weighted by Gasteiger charge is 2.40. The van der Waals surface area contributed by atoms with E-state index in [4.69, 9.17) is 19.3 Å². The number of rotatable bonds is 5. The normalized spacial score (nSPS) is 18.3. The van der Waals surface area contributed by atoms with Crippen molar-refractivity contribution in [3.63, 3.8) is 0 Å². The Morgan fingerprint density at radius 2 is 1.50 bits per heavy atom. The molecule has 0 bridgehead atoms. The van der Waals surface area contributed by atoms with Gasteiger partial charge in [0.1, 0.15) is 23.1 Å². The molecule has 3 amide bonds. The Balaban J connectivity index is 2.32. The van der Waals surface area contributed by atoms with E-state index in [9.17, 15) is 14.4 Å². The number of nitrogens with zero attached hydrogens (tertiary/aromatic N) is 3. The number of anilines is 1. The molecule has 1 heterocycles. The number of aromatic nitrogens is 2. The molecule has 0 atom stereocenters. The molecule has 0 radical (unpaired) electrons. The Morgan fingerprint density at radius 3 is 1.92 bits per heavy atom. The van der Waals surface area contributed by atoms with Gasteiger partial charge in [-0.1, -0.05) is 13.8 Å². The van der Waals surface area contributed by atoms with Crippen molar-refractivity contribution in [2.45, 2.75) is 118 Å². The first-order valence-electron chi connectivity index (χ1n) is 12.6. The number of nitrogens with one attached hydrogen (secondary N) is 1. The summed E-state index contributed by atoms with van der Waals surface area (Å²) in [5, 5.41) is 7.51. The molecule has 1 aromatic rings. The van der Waals surface area contributed by atoms with Crippen molar-refractivity contribution in [3.05, 3.63) is 11.8 Å². The van der Waals surface area contributed by atoms with E-state index in [0.29, 0.717) is 31.0 Å². The lowest BCUT2D eigenvalue weighted by Crippen LogP contribution is -2.45. The molecule has 10 nitrogen and oxygen atoms in total. The second-order valence-corrected chi connectivity index (χ2v) is 12.8. The molecule has 0 saturated heterocycles. The summed E-state index contributed by atoms with van der Waals surface area (Å²) in [5.74, 6) is 0.624. The predicted octanol–water partition coefficient (Wildman–Crippen LogP) is 5.94. The molecule has 0 spiro atoms. The third-order valence-electron chi connectivity index (χ3n) is 5.17. The van der Waals surface area contributed by atoms with E-state index in [1.165, 1.54) is 0 Å². The number of hydrogen-bond donors (Lipinski definition) is 1. The molecule has 1 N–H and O–H groups in total. The fourth-order valence-electron chi connectivity index (χ4n) is 3.50. The van der Waals surface area contributed by atoms with Crippen LogP contribution in [0.25, 0.3) is 0 Å². The zero-order valence-electron chi connectivity index (χ0n) is 23.7. The maximum absolute atomic E-state index is 13.2. The maximum Gasteiger partial charge on any atom is 0.425 e. The SMILES string of the molecule is CC(C)CNC(=O)OC1CC(c2cc(N(C(=O)OC(C)(C)C)C(=O)OC(C)(C)C)n(C(C)(C)C)n2)C1. The first-order valence-corrected chi connectivity index (χ1v) is 12.6. The molecule has 10 heteroatoms. The van der Waals surface area contributed by atoms with E-state index in [2.05, 4.69) is 5.32 Å². The van der Waals surface area contributed by atoms with Crippen molar-refractivity contribution < 1.29 is 28.6 Å². The summed E-state index contributed by atoms with van der Waals surface area (Å²) in [4.78, 5) is 39.3. The van der Waals surface area contributed by atoms with Crippen molar-refractivity contribution in [1.29, 1.82) is 0 Å². The summed E-state index contributed by atoms with van der Waals surface area (Å²) in [6.07, 6.45) is -1.11. The van der Waals surface area contributed by atoms with Gasteiger partial charge in [0.25, 0.3) is 0 Å². The molecule has 0 aromatic carbocycles. The molecule has 1 aliphatic carbocycles. The zero-order chi connectivity index (χ0) is 27.6. The van der Waals surface area contributed by atoms with Crippen LogP contribution in [0.4, 0.5) is 20.2 Å². The summed E-state index contributed by atoms with van der Waals surface area (Å²) in [6.45, 7) is 20.8. The Hall–Kier alpha value is -2.78. The molecule has 0 unspecified atom stereocenters. The number of amides is 3. The van der Waals surface area contributed by atoms with Crippen molar-refractivity contribution >= 4 is 24.1 Å². The van der Waals surface area contributed by atoms with Crippen LogP contribution < -0.4 is 10.2 Å². The van der Waals surface area contributed by atoms with Gasteiger partial charge in [0.15, 0.2) is 0 Å². The van der Waals surface area contributed by atoms with Gasteiger partial charge >= 0.3 is 18.3 Å². The highest BCUT2D eigenvalue weighted by Crippen LogP contribution is 2.40. The van der Waals surface area contributed by atoms with E-state index in [0.717, 1.165) is 4.90 Å². The summed E-state index contributed by atoms with van der Waals surface area (Å²) in [5.41, 5.74) is -1.48. The second kappa shape index (κ2) is 10.7. The fraction of sp³-hybridized carbons (Fsp3) is 0.769. The molecular formula is C26H44N4O6. The maximum atomic E-state index is 13.2. The molecule has 36 heavy (non-hydrogen) atoms. The van der Waals surface area contributed by atoms with Crippen LogP contribution in [-0.4, -0.2) is 51.9 Å². The van der Waals surface area contributed by atoms with Gasteiger partial charge in [-0.25, -0.2) is 19.1 Å². The van der Waals surface area contributed by atoms with Gasteiger partial charge in [-0.3, -0.25) is 0 Å². The average Bonchev–Trinajstić information content (AvgIpc) is 3.04. The Labute approximate surface area is 215 Å². The number of hydrogen-bond acceptors (Lipinski definition) is 7. The number of carbonyl (C=O) groups excluding carboxylic acids is 3. The van der Waals surface area contributed by atoms with Crippen LogP contribution in [0.1, 0.15) is 101 Å². The van der Waals surface area contributed by atoms with Crippen molar-refractivity contribution in [1.82, 2.24) is 15.1 Å². The fourth-order valence-corrected chi connectivity index (χ4v) is 3.50. The van der Waals surface area contributed by atoms with Gasteiger partial charge in [-0.2, -0.15) is 10.00 Å². The molecule has 1 aromatic heterocycles. The van der Waals surface area contributed by atoms with Gasteiger partial charge in [0, 0.05) is 18.5 Å². The van der Waals surface area contributed by atoms with Gasteiger partial charge in [-0.05, 0) is 81.1 Å². The summed E-state index contributed by atoms with van der Waals surface area (Å²) in [6, 6.07) is 1.72. The second-order valence-electron chi connectivity index (χ2n) is 12.8. The lowest BCUT2D eigenvalue weighted by Gasteiger charge is -2.33. The first kappa shape index (κ1) is 29.5. The molecule has 204 valence electrons. The molecular weight excluding hydrogens is 464 g/mol. The van der Waals surface area contributed by atoms with Crippen LogP contribution in [-0.2, 0) is 19.7 Å². The van der Waals surface area contributed by atoms with Gasteiger partial charge in [-0.15, -0.1) is 0 Å². The Bertz CT molecular complexity index is 915. The van der Waals surface area contributed by atoms with E-state index >= 15 is 0 Å². The standard InChI is InChI=1S/C26H44N4O6/c1-16(2)15-27-21(31)34-18-12-17(13-18)19-14-20(30(28-19)24(3,4)5)29(22(32)35-25(6,7)8)23(33)36-26(9,10)11/h14,16-18H,12-13,15H2,1-11H3,(H,27,31). The number of alkyl carbamates (subject to hydrolysis) is 1. The summed E-state index contributed by atoms with van der Waals surface area (Å²) < 4.78 is 18.2. The quantitative estimate of drug-likeness (QED) is 0.490. The molecule has 1 saturated carbocycles. The lowest BCUT2D eigenvalue weighted by atomic mass is 9.80. The summed E-state index contributed by atoms with van der Waals surface area (Å²) in [7, 11) is 0. The minimum Gasteiger partial charge on any atom is -0.446 e. The minimum absolute atomic E-state index is 0.0226. The van der Waals surface area contributed by atoms with Crippen LogP contribution in [0.15, 0.2) is 6.07 Å². The van der Waals surface area contributed by atoms with E-state index < -0.39 is 35.0 Å². The van der Waals surface area contributed by atoms with E-state index in [1.54, 1.807) is 52.3 Å². The molecule has 0 aliphatic heterocycles. The molecule has 1 fully saturated rings. The van der Waals surface area contributed by atoms with Crippen molar-refractivity contribution in [2.75, 3.05) is 11.4 Å². The Morgan fingerprint density at radius 1 is 1.00 bits per heavy atom. The van der Waals surface area contributed by atoms with Crippen LogP contribution in [0, 0.1) is 5.92 Å². The topological polar surface area (TPSA) is 112 Å². The number of imide groups is 1. The van der Waals surface area contributed by atoms with Crippen molar-refractivity contribution in [2.24, 2.45) is 5.92 Å². The van der Waals surface area contributed by atoms with Gasteiger partial charge < -0.3 is 19.5 Å². The first-order chi connectivity index (χ1) is 16.3. The van der Waals surface area contributed by atoms with E-state index in [1.807, 2.05) is 34.6 Å². The third-order valence-corrected chi connectivity index (χ3v) is 5.17. The lowest BCUT2D eigenvalue weighted by molar-refractivity contribution is 0.0377. The average molecular weight is 509 g/mol. The predicted molar refractivity (Wildman–Crippen MR) is 137 cm³/mol. The molecule has 1 aliphatic rings. The largest absolute Gasteiger partial charge is 0.446 e. The van der Waals surface area contributed by atoms with Crippen LogP contribution >= 0.6 is 0 Å². The van der Waals surface area contributed by atoms with Crippen LogP contribution in [0.2, 0.25) is 0 Å². The third kappa shape index (κ3) is 8.41. The van der Waals surface area contributed by atoms with Crippen LogP contribution in [0.3, 0.4) is 0 Å². The number of ether oxygens (including phenoxy) is 3. The van der Waals surface area contributed by atoms with Gasteiger partial charge in [0.05, 0.1) is 11.2 Å². The summed E-state index contributed by atoms with van der Waals surface area (Å²) >= 11 is 0. The highest BCUT2D eigenvalue weighted by atomic mass is 16.6. The van der Waals surface area contributed by atoms with Crippen molar-refractivity contribution in [3.8, 4) is 0 Å². The Kier molecular flexibility index (Phi) is 8.74. The monoisotopic (exact) mass is 508 g/mol. The van der Waals surface area contributed by atoms with E-state index in [-0.39, 0.29) is 17.8 Å².